The molecule has 1 saturated carbocycles. The summed E-state index contributed by atoms with van der Waals surface area (Å²) in [6.45, 7) is -0.0466. The second kappa shape index (κ2) is 7.59. The van der Waals surface area contributed by atoms with E-state index in [-0.39, 0.29) is 37.5 Å². The first-order chi connectivity index (χ1) is 11.3. The molecule has 1 aliphatic rings. The van der Waals surface area contributed by atoms with Gasteiger partial charge in [0.2, 0.25) is 11.8 Å². The van der Waals surface area contributed by atoms with Crippen molar-refractivity contribution in [1.82, 2.24) is 4.90 Å². The van der Waals surface area contributed by atoms with Gasteiger partial charge >= 0.3 is 5.97 Å². The first-order valence-corrected chi connectivity index (χ1v) is 7.83. The Morgan fingerprint density at radius 1 is 1.25 bits per heavy atom. The molecule has 7 heteroatoms. The SMILES string of the molecule is CN(Cc1ccc(OCC(=O)O)cc1)C(=O)C1CCC(F)(F)CC1. The number of carbonyl (C=O) groups is 2. The fraction of sp³-hybridized carbons (Fsp3) is 0.529. The number of nitrogens with zero attached hydrogens (tertiary/aromatic N) is 1. The van der Waals surface area contributed by atoms with E-state index >= 15 is 0 Å². The maximum absolute atomic E-state index is 13.2. The van der Waals surface area contributed by atoms with Crippen LogP contribution in [0.5, 0.6) is 5.75 Å². The molecular weight excluding hydrogens is 320 g/mol. The minimum Gasteiger partial charge on any atom is -0.482 e. The molecule has 5 nitrogen and oxygen atoms in total. The van der Waals surface area contributed by atoms with Crippen LogP contribution in [0.15, 0.2) is 24.3 Å². The van der Waals surface area contributed by atoms with Crippen molar-refractivity contribution in [3.63, 3.8) is 0 Å². The number of aliphatic carboxylic acids is 1. The summed E-state index contributed by atoms with van der Waals surface area (Å²) in [6, 6.07) is 6.77. The van der Waals surface area contributed by atoms with Gasteiger partial charge in [0.1, 0.15) is 5.75 Å². The molecule has 0 aliphatic heterocycles. The molecule has 0 unspecified atom stereocenters. The maximum atomic E-state index is 13.2. The van der Waals surface area contributed by atoms with Gasteiger partial charge in [-0.05, 0) is 30.5 Å². The number of carboxylic acid groups (broad SMARTS) is 1. The largest absolute Gasteiger partial charge is 0.482 e. The molecule has 1 aromatic rings. The van der Waals surface area contributed by atoms with Crippen molar-refractivity contribution in [1.29, 1.82) is 0 Å². The molecule has 1 amide bonds. The van der Waals surface area contributed by atoms with Crippen LogP contribution in [-0.2, 0) is 16.1 Å². The van der Waals surface area contributed by atoms with Crippen LogP contribution in [0.25, 0.3) is 0 Å². The Hall–Kier alpha value is -2.18. The van der Waals surface area contributed by atoms with Crippen LogP contribution in [0, 0.1) is 5.92 Å². The molecule has 1 fully saturated rings. The Bertz CT molecular complexity index is 579. The van der Waals surface area contributed by atoms with Crippen LogP contribution in [-0.4, -0.2) is 41.5 Å². The molecule has 0 atom stereocenters. The summed E-state index contributed by atoms with van der Waals surface area (Å²) < 4.78 is 31.4. The lowest BCUT2D eigenvalue weighted by Gasteiger charge is -2.30. The molecule has 0 aromatic heterocycles. The van der Waals surface area contributed by atoms with Gasteiger partial charge in [-0.15, -0.1) is 0 Å². The quantitative estimate of drug-likeness (QED) is 0.864. The Morgan fingerprint density at radius 3 is 2.38 bits per heavy atom. The number of halogens is 2. The van der Waals surface area contributed by atoms with Crippen LogP contribution in [0.1, 0.15) is 31.2 Å². The number of amides is 1. The maximum Gasteiger partial charge on any atom is 0.341 e. The van der Waals surface area contributed by atoms with Crippen molar-refractivity contribution in [2.24, 2.45) is 5.92 Å². The summed E-state index contributed by atoms with van der Waals surface area (Å²) in [5, 5.41) is 8.55. The predicted octanol–water partition coefficient (Wildman–Crippen LogP) is 2.93. The van der Waals surface area contributed by atoms with Crippen molar-refractivity contribution >= 4 is 11.9 Å². The Morgan fingerprint density at radius 2 is 1.83 bits per heavy atom. The molecule has 2 rings (SSSR count). The zero-order valence-electron chi connectivity index (χ0n) is 13.5. The summed E-state index contributed by atoms with van der Waals surface area (Å²) >= 11 is 0. The molecule has 1 aliphatic carbocycles. The number of carboxylic acids is 1. The van der Waals surface area contributed by atoms with E-state index in [1.54, 1.807) is 36.2 Å². The van der Waals surface area contributed by atoms with Gasteiger partial charge in [-0.1, -0.05) is 12.1 Å². The molecule has 0 saturated heterocycles. The highest BCUT2D eigenvalue weighted by Crippen LogP contribution is 2.36. The van der Waals surface area contributed by atoms with Gasteiger partial charge in [0, 0.05) is 32.4 Å². The number of ether oxygens (including phenoxy) is 1. The van der Waals surface area contributed by atoms with E-state index in [2.05, 4.69) is 0 Å². The standard InChI is InChI=1S/C17H21F2NO4/c1-20(16(23)13-6-8-17(18,19)9-7-13)10-12-2-4-14(5-3-12)24-11-15(21)22/h2-5,13H,6-11H2,1H3,(H,21,22). The molecule has 0 radical (unpaired) electrons. The molecule has 0 spiro atoms. The van der Waals surface area contributed by atoms with E-state index in [9.17, 15) is 18.4 Å². The van der Waals surface area contributed by atoms with Crippen LogP contribution in [0.2, 0.25) is 0 Å². The number of hydrogen-bond donors (Lipinski definition) is 1. The fourth-order valence-corrected chi connectivity index (χ4v) is 2.79. The van der Waals surface area contributed by atoms with E-state index in [0.717, 1.165) is 5.56 Å². The van der Waals surface area contributed by atoms with Crippen molar-refractivity contribution < 1.29 is 28.2 Å². The lowest BCUT2D eigenvalue weighted by molar-refractivity contribution is -0.140. The Kier molecular flexibility index (Phi) is 5.75. The first-order valence-electron chi connectivity index (χ1n) is 7.83. The first kappa shape index (κ1) is 18.2. The van der Waals surface area contributed by atoms with Crippen molar-refractivity contribution in [2.75, 3.05) is 13.7 Å². The van der Waals surface area contributed by atoms with Gasteiger partial charge in [-0.2, -0.15) is 0 Å². The lowest BCUT2D eigenvalue weighted by atomic mass is 9.86. The average molecular weight is 341 g/mol. The molecule has 24 heavy (non-hydrogen) atoms. The third kappa shape index (κ3) is 5.18. The monoisotopic (exact) mass is 341 g/mol. The van der Waals surface area contributed by atoms with Crippen molar-refractivity contribution in [3.8, 4) is 5.75 Å². The molecule has 0 bridgehead atoms. The van der Waals surface area contributed by atoms with Crippen LogP contribution in [0.4, 0.5) is 8.78 Å². The van der Waals surface area contributed by atoms with Gasteiger partial charge in [0.05, 0.1) is 0 Å². The van der Waals surface area contributed by atoms with Crippen molar-refractivity contribution in [3.05, 3.63) is 29.8 Å². The fourth-order valence-electron chi connectivity index (χ4n) is 2.79. The minimum atomic E-state index is -2.64. The molecular formula is C17H21F2NO4. The summed E-state index contributed by atoms with van der Waals surface area (Å²) in [5.41, 5.74) is 0.856. The Balaban J connectivity index is 1.86. The minimum absolute atomic E-state index is 0.114. The number of carbonyl (C=O) groups excluding carboxylic acids is 1. The highest BCUT2D eigenvalue weighted by atomic mass is 19.3. The highest BCUT2D eigenvalue weighted by molar-refractivity contribution is 5.78. The lowest BCUT2D eigenvalue weighted by Crippen LogP contribution is -2.36. The molecule has 0 heterocycles. The average Bonchev–Trinajstić information content (AvgIpc) is 2.53. The number of alkyl halides is 2. The summed E-state index contributed by atoms with van der Waals surface area (Å²) in [6.07, 6.45) is -0.0179. The third-order valence-electron chi connectivity index (χ3n) is 4.15. The van der Waals surface area contributed by atoms with E-state index < -0.39 is 18.5 Å². The summed E-state index contributed by atoms with van der Waals surface area (Å²) in [7, 11) is 1.66. The van der Waals surface area contributed by atoms with Gasteiger partial charge in [0.25, 0.3) is 0 Å². The van der Waals surface area contributed by atoms with E-state index in [1.807, 2.05) is 0 Å². The third-order valence-corrected chi connectivity index (χ3v) is 4.15. The molecule has 1 N–H and O–H groups in total. The van der Waals surface area contributed by atoms with Crippen molar-refractivity contribution in [2.45, 2.75) is 38.2 Å². The van der Waals surface area contributed by atoms with Crippen LogP contribution < -0.4 is 4.74 Å². The zero-order chi connectivity index (χ0) is 17.7. The second-order valence-electron chi connectivity index (χ2n) is 6.15. The summed E-state index contributed by atoms with van der Waals surface area (Å²) in [5.74, 6) is -3.71. The zero-order valence-corrected chi connectivity index (χ0v) is 13.5. The van der Waals surface area contributed by atoms with E-state index in [4.69, 9.17) is 9.84 Å². The van der Waals surface area contributed by atoms with Crippen LogP contribution >= 0.6 is 0 Å². The highest BCUT2D eigenvalue weighted by Gasteiger charge is 2.38. The topological polar surface area (TPSA) is 66.8 Å². The number of hydrogen-bond acceptors (Lipinski definition) is 3. The molecule has 1 aromatic carbocycles. The van der Waals surface area contributed by atoms with Gasteiger partial charge in [-0.25, -0.2) is 13.6 Å². The van der Waals surface area contributed by atoms with E-state index in [0.29, 0.717) is 12.3 Å². The van der Waals surface area contributed by atoms with Gasteiger partial charge < -0.3 is 14.7 Å². The summed E-state index contributed by atoms with van der Waals surface area (Å²) in [4.78, 5) is 24.3. The normalized spacial score (nSPS) is 17.3. The van der Waals surface area contributed by atoms with E-state index in [1.165, 1.54) is 0 Å². The van der Waals surface area contributed by atoms with Crippen LogP contribution in [0.3, 0.4) is 0 Å². The predicted molar refractivity (Wildman–Crippen MR) is 83.0 cm³/mol. The smallest absolute Gasteiger partial charge is 0.341 e. The number of rotatable bonds is 6. The second-order valence-corrected chi connectivity index (χ2v) is 6.15. The molecule has 132 valence electrons. The Labute approximate surface area is 139 Å². The van der Waals surface area contributed by atoms with Gasteiger partial charge in [-0.3, -0.25) is 4.79 Å². The number of benzene rings is 1. The van der Waals surface area contributed by atoms with Gasteiger partial charge in [0.15, 0.2) is 6.61 Å².